The molecule has 104 valence electrons. The van der Waals surface area contributed by atoms with E-state index in [1.807, 2.05) is 13.2 Å². The predicted octanol–water partition coefficient (Wildman–Crippen LogP) is 2.75. The number of nitrogens with zero attached hydrogens (tertiary/aromatic N) is 2. The van der Waals surface area contributed by atoms with Crippen molar-refractivity contribution in [2.24, 2.45) is 7.05 Å². The van der Waals surface area contributed by atoms with E-state index in [2.05, 4.69) is 5.10 Å². The van der Waals surface area contributed by atoms with Gasteiger partial charge in [0.2, 0.25) is 0 Å². The maximum absolute atomic E-state index is 10.4. The van der Waals surface area contributed by atoms with E-state index in [4.69, 9.17) is 21.4 Å². The summed E-state index contributed by atoms with van der Waals surface area (Å²) in [4.78, 5) is 10.4. The molecule has 20 heavy (non-hydrogen) atoms. The summed E-state index contributed by atoms with van der Waals surface area (Å²) in [6, 6.07) is 5.10. The van der Waals surface area contributed by atoms with Crippen LogP contribution >= 0.6 is 11.6 Å². The minimum absolute atomic E-state index is 0.373. The van der Waals surface area contributed by atoms with Crippen molar-refractivity contribution in [3.8, 4) is 5.75 Å². The van der Waals surface area contributed by atoms with Crippen LogP contribution in [0.2, 0.25) is 5.02 Å². The van der Waals surface area contributed by atoms with Gasteiger partial charge in [-0.3, -0.25) is 4.68 Å². The standard InChI is InChI=1S/C14H13ClN2O3/c1-17-8-11(7-16-17)9-20-13-4-2-10(6-12(13)15)3-5-14(18)19/h2-8H,9H2,1H3,(H,18,19). The molecule has 0 spiro atoms. The number of hydrogen-bond donors (Lipinski definition) is 1. The third-order valence-corrected chi connectivity index (χ3v) is 2.82. The van der Waals surface area contributed by atoms with E-state index in [9.17, 15) is 4.79 Å². The molecule has 0 amide bonds. The van der Waals surface area contributed by atoms with E-state index >= 15 is 0 Å². The van der Waals surface area contributed by atoms with Gasteiger partial charge in [-0.05, 0) is 23.8 Å². The molecule has 0 saturated carbocycles. The Bertz CT molecular complexity index is 650. The molecule has 0 aliphatic rings. The first-order valence-electron chi connectivity index (χ1n) is 5.85. The van der Waals surface area contributed by atoms with Crippen LogP contribution in [0.1, 0.15) is 11.1 Å². The zero-order valence-electron chi connectivity index (χ0n) is 10.8. The number of aromatic nitrogens is 2. The number of ether oxygens (including phenoxy) is 1. The van der Waals surface area contributed by atoms with Gasteiger partial charge in [-0.25, -0.2) is 4.79 Å². The quantitative estimate of drug-likeness (QED) is 0.861. The number of aryl methyl sites for hydroxylation is 1. The van der Waals surface area contributed by atoms with E-state index in [1.54, 1.807) is 29.1 Å². The zero-order chi connectivity index (χ0) is 14.5. The molecule has 0 atom stereocenters. The Kier molecular flexibility index (Phi) is 4.42. The average Bonchev–Trinajstić information content (AvgIpc) is 2.81. The summed E-state index contributed by atoms with van der Waals surface area (Å²) in [5, 5.41) is 13.0. The van der Waals surface area contributed by atoms with Crippen molar-refractivity contribution in [3.63, 3.8) is 0 Å². The Labute approximate surface area is 121 Å². The Balaban J connectivity index is 2.04. The normalized spacial score (nSPS) is 10.9. The smallest absolute Gasteiger partial charge is 0.328 e. The van der Waals surface area contributed by atoms with Crippen LogP contribution in [0.4, 0.5) is 0 Å². The van der Waals surface area contributed by atoms with Crippen molar-refractivity contribution in [1.82, 2.24) is 9.78 Å². The Morgan fingerprint density at radius 3 is 2.95 bits per heavy atom. The molecule has 1 heterocycles. The summed E-state index contributed by atoms with van der Waals surface area (Å²) >= 11 is 6.09. The molecule has 1 aromatic carbocycles. The van der Waals surface area contributed by atoms with Gasteiger partial charge in [0.15, 0.2) is 0 Å². The van der Waals surface area contributed by atoms with E-state index in [1.165, 1.54) is 6.08 Å². The summed E-state index contributed by atoms with van der Waals surface area (Å²) in [7, 11) is 1.83. The molecule has 2 aromatic rings. The number of hydrogen-bond acceptors (Lipinski definition) is 3. The molecule has 0 unspecified atom stereocenters. The van der Waals surface area contributed by atoms with Gasteiger partial charge in [0, 0.05) is 24.9 Å². The molecular formula is C14H13ClN2O3. The molecular weight excluding hydrogens is 280 g/mol. The Morgan fingerprint density at radius 1 is 1.55 bits per heavy atom. The van der Waals surface area contributed by atoms with Crippen molar-refractivity contribution >= 4 is 23.6 Å². The van der Waals surface area contributed by atoms with Crippen LogP contribution in [0, 0.1) is 0 Å². The fraction of sp³-hybridized carbons (Fsp3) is 0.143. The highest BCUT2D eigenvalue weighted by Gasteiger charge is 2.04. The fourth-order valence-corrected chi connectivity index (χ4v) is 1.86. The van der Waals surface area contributed by atoms with Crippen molar-refractivity contribution in [2.45, 2.75) is 6.61 Å². The summed E-state index contributed by atoms with van der Waals surface area (Å²) in [6.07, 6.45) is 6.11. The number of aliphatic carboxylic acids is 1. The second-order valence-corrected chi connectivity index (χ2v) is 4.58. The molecule has 0 saturated heterocycles. The van der Waals surface area contributed by atoms with Crippen LogP contribution < -0.4 is 4.74 Å². The summed E-state index contributed by atoms with van der Waals surface area (Å²) < 4.78 is 7.29. The van der Waals surface area contributed by atoms with E-state index < -0.39 is 5.97 Å². The van der Waals surface area contributed by atoms with Gasteiger partial charge in [-0.15, -0.1) is 0 Å². The number of carbonyl (C=O) groups is 1. The second-order valence-electron chi connectivity index (χ2n) is 4.17. The average molecular weight is 293 g/mol. The topological polar surface area (TPSA) is 64.3 Å². The predicted molar refractivity (Wildman–Crippen MR) is 75.7 cm³/mol. The SMILES string of the molecule is Cn1cc(COc2ccc(C=CC(=O)O)cc2Cl)cn1. The highest BCUT2D eigenvalue weighted by atomic mass is 35.5. The van der Waals surface area contributed by atoms with Gasteiger partial charge in [0.25, 0.3) is 0 Å². The van der Waals surface area contributed by atoms with Crippen molar-refractivity contribution in [2.75, 3.05) is 0 Å². The Morgan fingerprint density at radius 2 is 2.35 bits per heavy atom. The highest BCUT2D eigenvalue weighted by Crippen LogP contribution is 2.26. The van der Waals surface area contributed by atoms with Crippen LogP contribution in [-0.2, 0) is 18.4 Å². The zero-order valence-corrected chi connectivity index (χ0v) is 11.5. The number of rotatable bonds is 5. The first-order chi connectivity index (χ1) is 9.54. The third-order valence-electron chi connectivity index (χ3n) is 2.53. The molecule has 0 aliphatic heterocycles. The second kappa shape index (κ2) is 6.25. The lowest BCUT2D eigenvalue weighted by Crippen LogP contribution is -1.95. The molecule has 2 rings (SSSR count). The van der Waals surface area contributed by atoms with Gasteiger partial charge >= 0.3 is 5.97 Å². The molecule has 6 heteroatoms. The van der Waals surface area contributed by atoms with Crippen LogP contribution in [0.3, 0.4) is 0 Å². The van der Waals surface area contributed by atoms with E-state index in [0.29, 0.717) is 22.9 Å². The van der Waals surface area contributed by atoms with Gasteiger partial charge in [0.05, 0.1) is 11.2 Å². The van der Waals surface area contributed by atoms with E-state index in [-0.39, 0.29) is 0 Å². The summed E-state index contributed by atoms with van der Waals surface area (Å²) in [5.41, 5.74) is 1.64. The maximum Gasteiger partial charge on any atom is 0.328 e. The number of benzene rings is 1. The van der Waals surface area contributed by atoms with Gasteiger partial charge < -0.3 is 9.84 Å². The monoisotopic (exact) mass is 292 g/mol. The first-order valence-corrected chi connectivity index (χ1v) is 6.23. The lowest BCUT2D eigenvalue weighted by Gasteiger charge is -2.07. The molecule has 1 N–H and O–H groups in total. The molecule has 0 aliphatic carbocycles. The van der Waals surface area contributed by atoms with Gasteiger partial charge in [-0.2, -0.15) is 5.10 Å². The lowest BCUT2D eigenvalue weighted by atomic mass is 10.2. The molecule has 0 bridgehead atoms. The van der Waals surface area contributed by atoms with E-state index in [0.717, 1.165) is 11.6 Å². The number of carboxylic acid groups (broad SMARTS) is 1. The fourth-order valence-electron chi connectivity index (χ4n) is 1.61. The molecule has 0 radical (unpaired) electrons. The van der Waals surface area contributed by atoms with Crippen molar-refractivity contribution in [1.29, 1.82) is 0 Å². The minimum atomic E-state index is -1.00. The van der Waals surface area contributed by atoms with Gasteiger partial charge in [-0.1, -0.05) is 17.7 Å². The Hall–Kier alpha value is -2.27. The maximum atomic E-state index is 10.4. The van der Waals surface area contributed by atoms with Gasteiger partial charge in [0.1, 0.15) is 12.4 Å². The van der Waals surface area contributed by atoms with Crippen LogP contribution in [0.5, 0.6) is 5.75 Å². The summed E-state index contributed by atoms with van der Waals surface area (Å²) in [5.74, 6) is -0.457. The van der Waals surface area contributed by atoms with Crippen molar-refractivity contribution in [3.05, 3.63) is 52.8 Å². The number of carboxylic acids is 1. The molecule has 0 fully saturated rings. The summed E-state index contributed by atoms with van der Waals surface area (Å²) in [6.45, 7) is 0.373. The van der Waals surface area contributed by atoms with Crippen LogP contribution in [0.25, 0.3) is 6.08 Å². The number of halogens is 1. The van der Waals surface area contributed by atoms with Crippen LogP contribution in [-0.4, -0.2) is 20.9 Å². The minimum Gasteiger partial charge on any atom is -0.487 e. The lowest BCUT2D eigenvalue weighted by molar-refractivity contribution is -0.131. The third kappa shape index (κ3) is 3.86. The first kappa shape index (κ1) is 14.1. The molecule has 5 nitrogen and oxygen atoms in total. The van der Waals surface area contributed by atoms with Crippen molar-refractivity contribution < 1.29 is 14.6 Å². The largest absolute Gasteiger partial charge is 0.487 e. The highest BCUT2D eigenvalue weighted by molar-refractivity contribution is 6.32. The molecule has 1 aromatic heterocycles. The van der Waals surface area contributed by atoms with Crippen LogP contribution in [0.15, 0.2) is 36.7 Å².